The monoisotopic (exact) mass is 335 g/mol. The molecule has 1 fully saturated rings. The van der Waals surface area contributed by atoms with Gasteiger partial charge >= 0.3 is 0 Å². The van der Waals surface area contributed by atoms with Crippen LogP contribution in [0.1, 0.15) is 17.7 Å². The number of benzene rings is 1. The van der Waals surface area contributed by atoms with Crippen LogP contribution >= 0.6 is 0 Å². The zero-order valence-electron chi connectivity index (χ0n) is 14.5. The quantitative estimate of drug-likeness (QED) is 0.734. The molecule has 1 aromatic carbocycles. The summed E-state index contributed by atoms with van der Waals surface area (Å²) in [6.07, 6.45) is 4.36. The lowest BCUT2D eigenvalue weighted by Crippen LogP contribution is -2.40. The summed E-state index contributed by atoms with van der Waals surface area (Å²) in [6, 6.07) is 11.9. The van der Waals surface area contributed by atoms with Gasteiger partial charge < -0.3 is 9.80 Å². The Labute approximate surface area is 146 Å². The van der Waals surface area contributed by atoms with E-state index in [1.807, 2.05) is 58.7 Å². The molecule has 1 saturated heterocycles. The first-order valence-corrected chi connectivity index (χ1v) is 8.50. The van der Waals surface area contributed by atoms with Crippen molar-refractivity contribution in [3.63, 3.8) is 0 Å². The van der Waals surface area contributed by atoms with Crippen LogP contribution in [0.2, 0.25) is 0 Å². The second-order valence-corrected chi connectivity index (χ2v) is 6.53. The summed E-state index contributed by atoms with van der Waals surface area (Å²) in [5.41, 5.74) is 3.02. The van der Waals surface area contributed by atoms with Gasteiger partial charge in [-0.1, -0.05) is 30.3 Å². The molecular weight excluding hydrogens is 314 g/mol. The van der Waals surface area contributed by atoms with Crippen LogP contribution in [0.15, 0.2) is 48.8 Å². The summed E-state index contributed by atoms with van der Waals surface area (Å²) in [6.45, 7) is 3.39. The number of hydrogen-bond donors (Lipinski definition) is 0. The van der Waals surface area contributed by atoms with Crippen LogP contribution in [0, 0.1) is 6.92 Å². The Bertz CT molecular complexity index is 905. The third kappa shape index (κ3) is 2.84. The van der Waals surface area contributed by atoms with Gasteiger partial charge in [0.05, 0.1) is 5.69 Å². The van der Waals surface area contributed by atoms with Gasteiger partial charge in [-0.05, 0) is 25.0 Å². The highest BCUT2D eigenvalue weighted by Gasteiger charge is 2.35. The molecule has 3 heterocycles. The average Bonchev–Trinajstić information content (AvgIpc) is 3.17. The number of carbonyl (C=O) groups excluding carboxylic acids is 1. The molecule has 25 heavy (non-hydrogen) atoms. The second-order valence-electron chi connectivity index (χ2n) is 6.53. The Morgan fingerprint density at radius 3 is 2.88 bits per heavy atom. The number of hydrogen-bond acceptors (Lipinski definition) is 4. The maximum Gasteiger partial charge on any atom is 0.245 e. The molecule has 1 unspecified atom stereocenters. The molecule has 1 aliphatic rings. The van der Waals surface area contributed by atoms with Gasteiger partial charge in [0.25, 0.3) is 0 Å². The van der Waals surface area contributed by atoms with E-state index in [4.69, 9.17) is 0 Å². The molecule has 0 radical (unpaired) electrons. The topological polar surface area (TPSA) is 53.7 Å². The van der Waals surface area contributed by atoms with Gasteiger partial charge in [0.2, 0.25) is 5.91 Å². The van der Waals surface area contributed by atoms with Crippen LogP contribution in [-0.4, -0.2) is 45.0 Å². The van der Waals surface area contributed by atoms with E-state index in [1.165, 1.54) is 0 Å². The van der Waals surface area contributed by atoms with Crippen molar-refractivity contribution in [1.82, 2.24) is 19.5 Å². The number of aryl methyl sites for hydroxylation is 1. The Kier molecular flexibility index (Phi) is 3.87. The van der Waals surface area contributed by atoms with Crippen molar-refractivity contribution in [2.24, 2.45) is 0 Å². The average molecular weight is 335 g/mol. The lowest BCUT2D eigenvalue weighted by molar-refractivity contribution is -0.129. The number of carbonyl (C=O) groups is 1. The van der Waals surface area contributed by atoms with Gasteiger partial charge in [-0.3, -0.25) is 4.79 Å². The minimum atomic E-state index is -0.183. The lowest BCUT2D eigenvalue weighted by Gasteiger charge is -2.25. The van der Waals surface area contributed by atoms with E-state index in [9.17, 15) is 4.79 Å². The lowest BCUT2D eigenvalue weighted by atomic mass is 10.2. The maximum atomic E-state index is 12.9. The molecule has 0 spiro atoms. The molecule has 4 rings (SSSR count). The molecule has 3 aromatic rings. The number of anilines is 1. The van der Waals surface area contributed by atoms with Crippen molar-refractivity contribution in [3.05, 3.63) is 60.0 Å². The van der Waals surface area contributed by atoms with Gasteiger partial charge in [-0.2, -0.15) is 5.10 Å². The molecule has 1 aliphatic heterocycles. The minimum absolute atomic E-state index is 0.159. The van der Waals surface area contributed by atoms with Gasteiger partial charge in [-0.15, -0.1) is 0 Å². The van der Waals surface area contributed by atoms with Crippen molar-refractivity contribution in [1.29, 1.82) is 0 Å². The first-order valence-electron chi connectivity index (χ1n) is 8.50. The Morgan fingerprint density at radius 2 is 2.08 bits per heavy atom. The number of amides is 1. The smallest absolute Gasteiger partial charge is 0.245 e. The zero-order chi connectivity index (χ0) is 17.4. The van der Waals surface area contributed by atoms with E-state index >= 15 is 0 Å². The third-order valence-electron chi connectivity index (χ3n) is 4.78. The first kappa shape index (κ1) is 15.6. The molecule has 6 heteroatoms. The standard InChI is InChI=1S/C19H21N5O/c1-14-12-17-18(20-9-11-24(17)21-14)22(2)16-8-10-23(19(16)25)13-15-6-4-3-5-7-15/h3-7,9,11-12,16H,8,10,13H2,1-2H3. The molecule has 6 nitrogen and oxygen atoms in total. The summed E-state index contributed by atoms with van der Waals surface area (Å²) in [5.74, 6) is 0.953. The molecule has 0 bridgehead atoms. The van der Waals surface area contributed by atoms with Crippen LogP contribution < -0.4 is 4.90 Å². The van der Waals surface area contributed by atoms with E-state index in [2.05, 4.69) is 22.2 Å². The van der Waals surface area contributed by atoms with Gasteiger partial charge in [0, 0.05) is 32.5 Å². The van der Waals surface area contributed by atoms with Crippen molar-refractivity contribution < 1.29 is 4.79 Å². The fourth-order valence-electron chi connectivity index (χ4n) is 3.49. The SMILES string of the molecule is Cc1cc2c(N(C)C3CCN(Cc4ccccc4)C3=O)nccn2n1. The van der Waals surface area contributed by atoms with Crippen LogP contribution in [0.4, 0.5) is 5.82 Å². The number of aromatic nitrogens is 3. The Balaban J connectivity index is 1.56. The highest BCUT2D eigenvalue weighted by Crippen LogP contribution is 2.25. The molecule has 0 aliphatic carbocycles. The highest BCUT2D eigenvalue weighted by molar-refractivity contribution is 5.88. The van der Waals surface area contributed by atoms with Gasteiger partial charge in [0.1, 0.15) is 11.6 Å². The number of fused-ring (bicyclic) bond motifs is 1. The fourth-order valence-corrected chi connectivity index (χ4v) is 3.49. The number of nitrogens with zero attached hydrogens (tertiary/aromatic N) is 5. The van der Waals surface area contributed by atoms with E-state index in [0.717, 1.165) is 35.6 Å². The summed E-state index contributed by atoms with van der Waals surface area (Å²) in [4.78, 5) is 21.3. The van der Waals surface area contributed by atoms with Gasteiger partial charge in [-0.25, -0.2) is 9.50 Å². The van der Waals surface area contributed by atoms with E-state index in [-0.39, 0.29) is 11.9 Å². The largest absolute Gasteiger partial charge is 0.346 e. The predicted octanol–water partition coefficient (Wildman–Crippen LogP) is 2.28. The second kappa shape index (κ2) is 6.20. The Morgan fingerprint density at radius 1 is 1.28 bits per heavy atom. The molecule has 0 N–H and O–H groups in total. The van der Waals surface area contributed by atoms with Crippen molar-refractivity contribution >= 4 is 17.2 Å². The maximum absolute atomic E-state index is 12.9. The highest BCUT2D eigenvalue weighted by atomic mass is 16.2. The van der Waals surface area contributed by atoms with Crippen molar-refractivity contribution in [2.45, 2.75) is 25.9 Å². The van der Waals surface area contributed by atoms with E-state index in [0.29, 0.717) is 6.54 Å². The van der Waals surface area contributed by atoms with E-state index < -0.39 is 0 Å². The normalized spacial score (nSPS) is 17.4. The summed E-state index contributed by atoms with van der Waals surface area (Å²) in [7, 11) is 1.94. The van der Waals surface area contributed by atoms with Crippen LogP contribution in [0.5, 0.6) is 0 Å². The number of likely N-dealkylation sites (N-methyl/N-ethyl adjacent to an activating group) is 1. The van der Waals surface area contributed by atoms with Gasteiger partial charge in [0.15, 0.2) is 5.82 Å². The van der Waals surface area contributed by atoms with Crippen LogP contribution in [0.3, 0.4) is 0 Å². The first-order chi connectivity index (χ1) is 12.1. The zero-order valence-corrected chi connectivity index (χ0v) is 14.5. The van der Waals surface area contributed by atoms with E-state index in [1.54, 1.807) is 6.20 Å². The summed E-state index contributed by atoms with van der Waals surface area (Å²) >= 11 is 0. The molecule has 1 amide bonds. The summed E-state index contributed by atoms with van der Waals surface area (Å²) < 4.78 is 1.81. The third-order valence-corrected chi connectivity index (χ3v) is 4.78. The van der Waals surface area contributed by atoms with Crippen LogP contribution in [0.25, 0.3) is 5.52 Å². The number of likely N-dealkylation sites (tertiary alicyclic amines) is 1. The molecular formula is C19H21N5O. The Hall–Kier alpha value is -2.89. The molecule has 128 valence electrons. The molecule has 2 aromatic heterocycles. The van der Waals surface area contributed by atoms with Crippen molar-refractivity contribution in [3.8, 4) is 0 Å². The fraction of sp³-hybridized carbons (Fsp3) is 0.316. The van der Waals surface area contributed by atoms with Crippen LogP contribution in [-0.2, 0) is 11.3 Å². The summed E-state index contributed by atoms with van der Waals surface area (Å²) in [5, 5.41) is 4.43. The molecule has 0 saturated carbocycles. The molecule has 1 atom stereocenters. The number of rotatable bonds is 4. The predicted molar refractivity (Wildman–Crippen MR) is 96.4 cm³/mol. The van der Waals surface area contributed by atoms with Crippen molar-refractivity contribution in [2.75, 3.05) is 18.5 Å². The minimum Gasteiger partial charge on any atom is -0.346 e.